The van der Waals surface area contributed by atoms with E-state index in [2.05, 4.69) is 16.0 Å². The molecule has 0 bridgehead atoms. The highest BCUT2D eigenvalue weighted by molar-refractivity contribution is 6.00. The van der Waals surface area contributed by atoms with Crippen LogP contribution in [0.15, 0.2) is 41.0 Å². The number of furan rings is 1. The predicted molar refractivity (Wildman–Crippen MR) is 89.6 cm³/mol. The highest BCUT2D eigenvalue weighted by Gasteiger charge is 2.15. The second kappa shape index (κ2) is 7.45. The van der Waals surface area contributed by atoms with E-state index < -0.39 is 0 Å². The molecule has 0 aliphatic carbocycles. The Labute approximate surface area is 139 Å². The van der Waals surface area contributed by atoms with Crippen molar-refractivity contribution in [3.8, 4) is 0 Å². The normalized spacial score (nSPS) is 11.5. The standard InChI is InChI=1S/C17H19N3O4/c1-10(16-5-4-6-24-16)18-17(23)13-7-14(19-11(2)21)9-15(8-13)20-12(3)22/h4-10H,1-3H3,(H,18,23)(H,19,21)(H,20,22). The van der Waals surface area contributed by atoms with Gasteiger partial charge in [-0.3, -0.25) is 14.4 Å². The minimum absolute atomic E-state index is 0.273. The molecule has 126 valence electrons. The second-order valence-corrected chi connectivity index (χ2v) is 5.37. The van der Waals surface area contributed by atoms with Gasteiger partial charge in [0.15, 0.2) is 0 Å². The third-order valence-corrected chi connectivity index (χ3v) is 3.15. The van der Waals surface area contributed by atoms with Gasteiger partial charge in [0, 0.05) is 30.8 Å². The van der Waals surface area contributed by atoms with Crippen molar-refractivity contribution in [2.75, 3.05) is 10.6 Å². The van der Waals surface area contributed by atoms with Gasteiger partial charge in [-0.05, 0) is 37.3 Å². The van der Waals surface area contributed by atoms with Gasteiger partial charge in [0.05, 0.1) is 12.3 Å². The number of anilines is 2. The smallest absolute Gasteiger partial charge is 0.252 e. The van der Waals surface area contributed by atoms with Crippen molar-refractivity contribution >= 4 is 29.1 Å². The molecule has 0 aliphatic rings. The molecule has 0 radical (unpaired) electrons. The molecule has 7 heteroatoms. The number of hydrogen-bond acceptors (Lipinski definition) is 4. The van der Waals surface area contributed by atoms with Gasteiger partial charge >= 0.3 is 0 Å². The molecular weight excluding hydrogens is 310 g/mol. The van der Waals surface area contributed by atoms with Crippen LogP contribution in [-0.4, -0.2) is 17.7 Å². The third kappa shape index (κ3) is 4.70. The molecule has 2 rings (SSSR count). The topological polar surface area (TPSA) is 100 Å². The maximum absolute atomic E-state index is 12.4. The van der Waals surface area contributed by atoms with Crippen LogP contribution in [0.25, 0.3) is 0 Å². The summed E-state index contributed by atoms with van der Waals surface area (Å²) in [6.45, 7) is 4.52. The number of benzene rings is 1. The minimum atomic E-state index is -0.349. The summed E-state index contributed by atoms with van der Waals surface area (Å²) < 4.78 is 5.26. The Hall–Kier alpha value is -3.09. The number of carbonyl (C=O) groups excluding carboxylic acids is 3. The number of carbonyl (C=O) groups is 3. The Morgan fingerprint density at radius 2 is 1.58 bits per heavy atom. The number of hydrogen-bond donors (Lipinski definition) is 3. The van der Waals surface area contributed by atoms with Crippen molar-refractivity contribution in [3.05, 3.63) is 47.9 Å². The van der Waals surface area contributed by atoms with Gasteiger partial charge in [-0.15, -0.1) is 0 Å². The van der Waals surface area contributed by atoms with Crippen molar-refractivity contribution < 1.29 is 18.8 Å². The van der Waals surface area contributed by atoms with Crippen molar-refractivity contribution in [2.24, 2.45) is 0 Å². The van der Waals surface area contributed by atoms with Crippen LogP contribution in [0, 0.1) is 0 Å². The van der Waals surface area contributed by atoms with E-state index in [1.807, 2.05) is 0 Å². The first-order chi connectivity index (χ1) is 11.3. The SMILES string of the molecule is CC(=O)Nc1cc(NC(C)=O)cc(C(=O)NC(C)c2ccco2)c1. The summed E-state index contributed by atoms with van der Waals surface area (Å²) in [5.74, 6) is -0.267. The molecule has 24 heavy (non-hydrogen) atoms. The molecule has 0 fully saturated rings. The van der Waals surface area contributed by atoms with E-state index in [-0.39, 0.29) is 23.8 Å². The molecule has 1 heterocycles. The fraction of sp³-hybridized carbons (Fsp3) is 0.235. The first kappa shape index (κ1) is 17.3. The lowest BCUT2D eigenvalue weighted by atomic mass is 10.1. The Bertz CT molecular complexity index is 719. The lowest BCUT2D eigenvalue weighted by Gasteiger charge is -2.14. The molecule has 1 aromatic carbocycles. The van der Waals surface area contributed by atoms with Gasteiger partial charge in [0.1, 0.15) is 5.76 Å². The highest BCUT2D eigenvalue weighted by atomic mass is 16.3. The number of rotatable bonds is 5. The molecule has 1 aromatic heterocycles. The van der Waals surface area contributed by atoms with Gasteiger partial charge < -0.3 is 20.4 Å². The Kier molecular flexibility index (Phi) is 5.36. The summed E-state index contributed by atoms with van der Waals surface area (Å²) in [4.78, 5) is 34.9. The molecule has 0 aliphatic heterocycles. The molecule has 3 amide bonds. The van der Waals surface area contributed by atoms with E-state index in [1.54, 1.807) is 25.1 Å². The summed E-state index contributed by atoms with van der Waals surface area (Å²) in [6, 6.07) is 7.84. The lowest BCUT2D eigenvalue weighted by Crippen LogP contribution is -2.26. The quantitative estimate of drug-likeness (QED) is 0.785. The van der Waals surface area contributed by atoms with Crippen molar-refractivity contribution in [1.29, 1.82) is 0 Å². The molecule has 3 N–H and O–H groups in total. The molecule has 0 saturated heterocycles. The van der Waals surface area contributed by atoms with Crippen LogP contribution in [0.3, 0.4) is 0 Å². The van der Waals surface area contributed by atoms with E-state index in [4.69, 9.17) is 4.42 Å². The Morgan fingerprint density at radius 3 is 2.04 bits per heavy atom. The molecule has 1 atom stereocenters. The average molecular weight is 329 g/mol. The molecule has 2 aromatic rings. The van der Waals surface area contributed by atoms with E-state index in [1.165, 1.54) is 32.2 Å². The van der Waals surface area contributed by atoms with Crippen molar-refractivity contribution in [2.45, 2.75) is 26.8 Å². The molecule has 0 saturated carbocycles. The van der Waals surface area contributed by atoms with Gasteiger partial charge in [-0.25, -0.2) is 0 Å². The first-order valence-electron chi connectivity index (χ1n) is 7.39. The van der Waals surface area contributed by atoms with Crippen LogP contribution in [0.4, 0.5) is 11.4 Å². The first-order valence-corrected chi connectivity index (χ1v) is 7.39. The molecular formula is C17H19N3O4. The third-order valence-electron chi connectivity index (χ3n) is 3.15. The van der Waals surface area contributed by atoms with Crippen LogP contribution in [0.1, 0.15) is 42.9 Å². The zero-order chi connectivity index (χ0) is 17.7. The van der Waals surface area contributed by atoms with Crippen LogP contribution in [0.2, 0.25) is 0 Å². The average Bonchev–Trinajstić information content (AvgIpc) is 2.99. The van der Waals surface area contributed by atoms with E-state index in [0.29, 0.717) is 22.7 Å². The van der Waals surface area contributed by atoms with Crippen LogP contribution < -0.4 is 16.0 Å². The summed E-state index contributed by atoms with van der Waals surface area (Å²) >= 11 is 0. The summed E-state index contributed by atoms with van der Waals surface area (Å²) in [5, 5.41) is 8.01. The molecule has 1 unspecified atom stereocenters. The van der Waals surface area contributed by atoms with Gasteiger partial charge in [-0.2, -0.15) is 0 Å². The van der Waals surface area contributed by atoms with Crippen molar-refractivity contribution in [3.63, 3.8) is 0 Å². The van der Waals surface area contributed by atoms with Gasteiger partial charge in [-0.1, -0.05) is 0 Å². The van der Waals surface area contributed by atoms with Crippen molar-refractivity contribution in [1.82, 2.24) is 5.32 Å². The summed E-state index contributed by atoms with van der Waals surface area (Å²) in [5.41, 5.74) is 1.15. The predicted octanol–water partition coefficient (Wildman–Crippen LogP) is 2.69. The van der Waals surface area contributed by atoms with Gasteiger partial charge in [0.2, 0.25) is 11.8 Å². The Morgan fingerprint density at radius 1 is 1.00 bits per heavy atom. The Balaban J connectivity index is 2.24. The fourth-order valence-electron chi connectivity index (χ4n) is 2.20. The summed E-state index contributed by atoms with van der Waals surface area (Å²) in [7, 11) is 0. The van der Waals surface area contributed by atoms with E-state index in [9.17, 15) is 14.4 Å². The zero-order valence-electron chi connectivity index (χ0n) is 13.7. The zero-order valence-corrected chi connectivity index (χ0v) is 13.7. The van der Waals surface area contributed by atoms with E-state index >= 15 is 0 Å². The maximum Gasteiger partial charge on any atom is 0.252 e. The second-order valence-electron chi connectivity index (χ2n) is 5.37. The van der Waals surface area contributed by atoms with Crippen LogP contribution >= 0.6 is 0 Å². The molecule has 0 spiro atoms. The highest BCUT2D eigenvalue weighted by Crippen LogP contribution is 2.21. The fourth-order valence-corrected chi connectivity index (χ4v) is 2.20. The van der Waals surface area contributed by atoms with Crippen LogP contribution in [-0.2, 0) is 9.59 Å². The van der Waals surface area contributed by atoms with Crippen LogP contribution in [0.5, 0.6) is 0 Å². The monoisotopic (exact) mass is 329 g/mol. The maximum atomic E-state index is 12.4. The van der Waals surface area contributed by atoms with E-state index in [0.717, 1.165) is 0 Å². The number of amides is 3. The molecule has 7 nitrogen and oxygen atoms in total. The summed E-state index contributed by atoms with van der Waals surface area (Å²) in [6.07, 6.45) is 1.53. The van der Waals surface area contributed by atoms with Gasteiger partial charge in [0.25, 0.3) is 5.91 Å². The number of nitrogens with one attached hydrogen (secondary N) is 3. The minimum Gasteiger partial charge on any atom is -0.467 e. The lowest BCUT2D eigenvalue weighted by molar-refractivity contribution is -0.115. The largest absolute Gasteiger partial charge is 0.467 e.